The fraction of sp³-hybridized carbons (Fsp3) is 1.00. The van der Waals surface area contributed by atoms with Crippen LogP contribution in [0.2, 0.25) is 0 Å². The molecule has 2 nitrogen and oxygen atoms in total. The Balaban J connectivity index is 1.86. The molecule has 16 heavy (non-hydrogen) atoms. The molecule has 4 atom stereocenters. The maximum atomic E-state index is 5.98. The minimum atomic E-state index is 0.457. The quantitative estimate of drug-likeness (QED) is 0.773. The Labute approximate surface area is 100 Å². The molecule has 3 N–H and O–H groups in total. The standard InChI is InChI=1S/C14H28N2/c1-10(2)13-5-3-4-6-14(13)16-12-8-7-11(15)9-12/h10-14,16H,3-9,15H2,1-2H3. The van der Waals surface area contributed by atoms with E-state index in [1.807, 2.05) is 0 Å². The van der Waals surface area contributed by atoms with E-state index in [-0.39, 0.29) is 0 Å². The van der Waals surface area contributed by atoms with Crippen LogP contribution in [0.3, 0.4) is 0 Å². The minimum Gasteiger partial charge on any atom is -0.328 e. The molecule has 0 saturated heterocycles. The fourth-order valence-corrected chi connectivity index (χ4v) is 3.63. The van der Waals surface area contributed by atoms with Crippen molar-refractivity contribution in [1.82, 2.24) is 5.32 Å². The van der Waals surface area contributed by atoms with Crippen LogP contribution in [0.15, 0.2) is 0 Å². The lowest BCUT2D eigenvalue weighted by Gasteiger charge is -2.37. The fourth-order valence-electron chi connectivity index (χ4n) is 3.63. The topological polar surface area (TPSA) is 38.0 Å². The molecule has 2 aliphatic carbocycles. The van der Waals surface area contributed by atoms with Gasteiger partial charge in [0.15, 0.2) is 0 Å². The van der Waals surface area contributed by atoms with E-state index < -0.39 is 0 Å². The maximum absolute atomic E-state index is 5.98. The Morgan fingerprint density at radius 1 is 1.06 bits per heavy atom. The number of nitrogens with two attached hydrogens (primary N) is 1. The van der Waals surface area contributed by atoms with Crippen molar-refractivity contribution in [1.29, 1.82) is 0 Å². The van der Waals surface area contributed by atoms with Gasteiger partial charge in [0.25, 0.3) is 0 Å². The third kappa shape index (κ3) is 2.98. The zero-order valence-corrected chi connectivity index (χ0v) is 10.9. The molecule has 2 aliphatic rings. The monoisotopic (exact) mass is 224 g/mol. The van der Waals surface area contributed by atoms with Gasteiger partial charge in [0.1, 0.15) is 0 Å². The average Bonchev–Trinajstić information content (AvgIpc) is 2.64. The normalized spacial score (nSPS) is 40.5. The summed E-state index contributed by atoms with van der Waals surface area (Å²) in [6, 6.07) is 1.93. The van der Waals surface area contributed by atoms with E-state index >= 15 is 0 Å². The Hall–Kier alpha value is -0.0800. The molecule has 2 rings (SSSR count). The first-order chi connectivity index (χ1) is 7.66. The molecule has 0 spiro atoms. The molecule has 2 heteroatoms. The van der Waals surface area contributed by atoms with Crippen molar-refractivity contribution in [3.05, 3.63) is 0 Å². The van der Waals surface area contributed by atoms with E-state index in [0.29, 0.717) is 12.1 Å². The Bertz CT molecular complexity index is 215. The Morgan fingerprint density at radius 3 is 2.44 bits per heavy atom. The van der Waals surface area contributed by atoms with Crippen LogP contribution >= 0.6 is 0 Å². The maximum Gasteiger partial charge on any atom is 0.0100 e. The zero-order valence-electron chi connectivity index (χ0n) is 10.9. The lowest BCUT2D eigenvalue weighted by atomic mass is 9.77. The molecule has 0 aromatic heterocycles. The smallest absolute Gasteiger partial charge is 0.0100 e. The summed E-state index contributed by atoms with van der Waals surface area (Å²) in [5, 5.41) is 3.90. The molecule has 2 fully saturated rings. The summed E-state index contributed by atoms with van der Waals surface area (Å²) in [7, 11) is 0. The number of nitrogens with one attached hydrogen (secondary N) is 1. The predicted molar refractivity (Wildman–Crippen MR) is 69.3 cm³/mol. The summed E-state index contributed by atoms with van der Waals surface area (Å²) < 4.78 is 0. The first-order valence-electron chi connectivity index (χ1n) is 7.18. The molecule has 0 aromatic carbocycles. The van der Waals surface area contributed by atoms with Gasteiger partial charge < -0.3 is 11.1 Å². The molecule has 0 bridgehead atoms. The second kappa shape index (κ2) is 5.50. The van der Waals surface area contributed by atoms with Crippen molar-refractivity contribution in [2.45, 2.75) is 76.9 Å². The van der Waals surface area contributed by atoms with Crippen LogP contribution < -0.4 is 11.1 Å². The van der Waals surface area contributed by atoms with Crippen molar-refractivity contribution in [2.75, 3.05) is 0 Å². The minimum absolute atomic E-state index is 0.457. The molecular formula is C14H28N2. The van der Waals surface area contributed by atoms with Gasteiger partial charge in [-0.2, -0.15) is 0 Å². The predicted octanol–water partition coefficient (Wildman–Crippen LogP) is 2.67. The molecule has 0 amide bonds. The highest BCUT2D eigenvalue weighted by Gasteiger charge is 2.31. The average molecular weight is 224 g/mol. The van der Waals surface area contributed by atoms with Gasteiger partial charge in [0.2, 0.25) is 0 Å². The highest BCUT2D eigenvalue weighted by atomic mass is 15.0. The molecule has 4 unspecified atom stereocenters. The highest BCUT2D eigenvalue weighted by Crippen LogP contribution is 2.31. The van der Waals surface area contributed by atoms with Crippen LogP contribution in [0.1, 0.15) is 58.8 Å². The third-order valence-electron chi connectivity index (χ3n) is 4.60. The van der Waals surface area contributed by atoms with Crippen molar-refractivity contribution in [2.24, 2.45) is 17.6 Å². The molecular weight excluding hydrogens is 196 g/mol. The van der Waals surface area contributed by atoms with Gasteiger partial charge in [-0.25, -0.2) is 0 Å². The summed E-state index contributed by atoms with van der Waals surface area (Å²) in [5.74, 6) is 1.72. The molecule has 2 saturated carbocycles. The largest absolute Gasteiger partial charge is 0.328 e. The summed E-state index contributed by atoms with van der Waals surface area (Å²) in [6.45, 7) is 4.76. The third-order valence-corrected chi connectivity index (χ3v) is 4.60. The second-order valence-corrected chi connectivity index (χ2v) is 6.24. The van der Waals surface area contributed by atoms with E-state index in [1.165, 1.54) is 44.9 Å². The highest BCUT2D eigenvalue weighted by molar-refractivity contribution is 4.89. The van der Waals surface area contributed by atoms with Crippen LogP contribution in [-0.2, 0) is 0 Å². The summed E-state index contributed by atoms with van der Waals surface area (Å²) >= 11 is 0. The zero-order chi connectivity index (χ0) is 11.5. The molecule has 94 valence electrons. The second-order valence-electron chi connectivity index (χ2n) is 6.24. The van der Waals surface area contributed by atoms with Gasteiger partial charge in [-0.1, -0.05) is 26.7 Å². The van der Waals surface area contributed by atoms with Gasteiger partial charge >= 0.3 is 0 Å². The van der Waals surface area contributed by atoms with Gasteiger partial charge in [-0.05, 0) is 43.9 Å². The number of hydrogen-bond donors (Lipinski definition) is 2. The Kier molecular flexibility index (Phi) is 4.26. The summed E-state index contributed by atoms with van der Waals surface area (Å²) in [6.07, 6.45) is 9.37. The van der Waals surface area contributed by atoms with E-state index in [4.69, 9.17) is 5.73 Å². The molecule has 0 aliphatic heterocycles. The van der Waals surface area contributed by atoms with E-state index in [9.17, 15) is 0 Å². The van der Waals surface area contributed by atoms with Crippen molar-refractivity contribution < 1.29 is 0 Å². The van der Waals surface area contributed by atoms with Gasteiger partial charge in [-0.3, -0.25) is 0 Å². The lowest BCUT2D eigenvalue weighted by molar-refractivity contribution is 0.192. The van der Waals surface area contributed by atoms with Crippen LogP contribution in [-0.4, -0.2) is 18.1 Å². The van der Waals surface area contributed by atoms with Crippen LogP contribution in [0.25, 0.3) is 0 Å². The SMILES string of the molecule is CC(C)C1CCCCC1NC1CCC(N)C1. The van der Waals surface area contributed by atoms with E-state index in [1.54, 1.807) is 0 Å². The van der Waals surface area contributed by atoms with Gasteiger partial charge in [0, 0.05) is 18.1 Å². The Morgan fingerprint density at radius 2 is 1.81 bits per heavy atom. The van der Waals surface area contributed by atoms with Gasteiger partial charge in [-0.15, -0.1) is 0 Å². The lowest BCUT2D eigenvalue weighted by Crippen LogP contribution is -2.45. The van der Waals surface area contributed by atoms with Gasteiger partial charge in [0.05, 0.1) is 0 Å². The van der Waals surface area contributed by atoms with Crippen molar-refractivity contribution >= 4 is 0 Å². The molecule has 0 heterocycles. The number of hydrogen-bond acceptors (Lipinski definition) is 2. The van der Waals surface area contributed by atoms with Crippen molar-refractivity contribution in [3.63, 3.8) is 0 Å². The molecule has 0 aromatic rings. The first-order valence-corrected chi connectivity index (χ1v) is 7.18. The van der Waals surface area contributed by atoms with Crippen molar-refractivity contribution in [3.8, 4) is 0 Å². The molecule has 0 radical (unpaired) electrons. The van der Waals surface area contributed by atoms with Crippen LogP contribution in [0.5, 0.6) is 0 Å². The van der Waals surface area contributed by atoms with Crippen LogP contribution in [0.4, 0.5) is 0 Å². The summed E-state index contributed by atoms with van der Waals surface area (Å²) in [4.78, 5) is 0. The summed E-state index contributed by atoms with van der Waals surface area (Å²) in [5.41, 5.74) is 5.98. The van der Waals surface area contributed by atoms with E-state index in [0.717, 1.165) is 17.9 Å². The first kappa shape index (κ1) is 12.4. The van der Waals surface area contributed by atoms with Crippen LogP contribution in [0, 0.1) is 11.8 Å². The van der Waals surface area contributed by atoms with E-state index in [2.05, 4.69) is 19.2 Å². The number of rotatable bonds is 3.